The van der Waals surface area contributed by atoms with E-state index in [2.05, 4.69) is 42.5 Å². The van der Waals surface area contributed by atoms with Crippen molar-refractivity contribution in [2.45, 2.75) is 66.1 Å². The molecular formula is C25H31N3O2. The summed E-state index contributed by atoms with van der Waals surface area (Å²) < 4.78 is 7.71. The highest BCUT2D eigenvalue weighted by atomic mass is 16.3. The van der Waals surface area contributed by atoms with Gasteiger partial charge < -0.3 is 13.9 Å². The second-order valence-corrected chi connectivity index (χ2v) is 8.60. The van der Waals surface area contributed by atoms with E-state index in [-0.39, 0.29) is 11.8 Å². The highest BCUT2D eigenvalue weighted by Crippen LogP contribution is 2.28. The number of nitrogens with zero attached hydrogens (tertiary/aromatic N) is 3. The molecule has 158 valence electrons. The van der Waals surface area contributed by atoms with Crippen LogP contribution < -0.4 is 0 Å². The maximum Gasteiger partial charge on any atom is 0.226 e. The highest BCUT2D eigenvalue weighted by molar-refractivity contribution is 5.79. The Balaban J connectivity index is 1.56. The zero-order valence-electron chi connectivity index (χ0n) is 18.2. The highest BCUT2D eigenvalue weighted by Gasteiger charge is 2.28. The van der Waals surface area contributed by atoms with Crippen molar-refractivity contribution in [1.82, 2.24) is 14.5 Å². The van der Waals surface area contributed by atoms with Crippen LogP contribution in [0, 0.1) is 26.7 Å². The molecule has 1 aromatic carbocycles. The average Bonchev–Trinajstić information content (AvgIpc) is 3.46. The number of carbonyl (C=O) groups excluding carboxylic acids is 1. The number of furan rings is 1. The van der Waals surface area contributed by atoms with Gasteiger partial charge in [-0.2, -0.15) is 0 Å². The van der Waals surface area contributed by atoms with Crippen molar-refractivity contribution in [2.75, 3.05) is 0 Å². The lowest BCUT2D eigenvalue weighted by atomic mass is 10.00. The van der Waals surface area contributed by atoms with Crippen molar-refractivity contribution in [3.8, 4) is 0 Å². The number of aryl methyl sites for hydroxylation is 3. The molecule has 2 heterocycles. The van der Waals surface area contributed by atoms with Crippen molar-refractivity contribution in [3.05, 3.63) is 76.8 Å². The van der Waals surface area contributed by atoms with Crippen molar-refractivity contribution >= 4 is 5.91 Å². The molecule has 5 heteroatoms. The summed E-state index contributed by atoms with van der Waals surface area (Å²) in [5.74, 6) is 2.07. The molecule has 1 saturated carbocycles. The van der Waals surface area contributed by atoms with E-state index in [1.54, 1.807) is 6.26 Å². The van der Waals surface area contributed by atoms with E-state index in [0.717, 1.165) is 43.8 Å². The summed E-state index contributed by atoms with van der Waals surface area (Å²) in [4.78, 5) is 19.8. The van der Waals surface area contributed by atoms with Crippen molar-refractivity contribution in [1.29, 1.82) is 0 Å². The van der Waals surface area contributed by atoms with Crippen LogP contribution in [0.15, 0.2) is 47.3 Å². The summed E-state index contributed by atoms with van der Waals surface area (Å²) in [5, 5.41) is 0. The molecule has 5 nitrogen and oxygen atoms in total. The van der Waals surface area contributed by atoms with Crippen LogP contribution in [0.4, 0.5) is 0 Å². The van der Waals surface area contributed by atoms with Crippen molar-refractivity contribution in [3.63, 3.8) is 0 Å². The molecule has 30 heavy (non-hydrogen) atoms. The minimum atomic E-state index is 0.130. The fourth-order valence-electron chi connectivity index (χ4n) is 4.67. The first-order valence-electron chi connectivity index (χ1n) is 10.9. The van der Waals surface area contributed by atoms with E-state index in [0.29, 0.717) is 13.1 Å². The molecule has 3 aromatic rings. The summed E-state index contributed by atoms with van der Waals surface area (Å²) in [6.07, 6.45) is 9.78. The van der Waals surface area contributed by atoms with Gasteiger partial charge in [0.1, 0.15) is 11.6 Å². The Morgan fingerprint density at radius 1 is 1.17 bits per heavy atom. The number of aromatic nitrogens is 2. The molecule has 0 radical (unpaired) electrons. The van der Waals surface area contributed by atoms with Gasteiger partial charge >= 0.3 is 0 Å². The summed E-state index contributed by atoms with van der Waals surface area (Å²) >= 11 is 0. The van der Waals surface area contributed by atoms with Crippen LogP contribution in [0.5, 0.6) is 0 Å². The van der Waals surface area contributed by atoms with Gasteiger partial charge in [0.2, 0.25) is 5.91 Å². The topological polar surface area (TPSA) is 51.3 Å². The van der Waals surface area contributed by atoms with Gasteiger partial charge in [0.25, 0.3) is 0 Å². The third-order valence-corrected chi connectivity index (χ3v) is 6.25. The van der Waals surface area contributed by atoms with Crippen LogP contribution in [0.3, 0.4) is 0 Å². The molecule has 1 aliphatic rings. The first-order valence-corrected chi connectivity index (χ1v) is 10.9. The fourth-order valence-corrected chi connectivity index (χ4v) is 4.67. The molecule has 2 aromatic heterocycles. The van der Waals surface area contributed by atoms with E-state index in [1.165, 1.54) is 22.3 Å². The van der Waals surface area contributed by atoms with Gasteiger partial charge in [-0.1, -0.05) is 30.5 Å². The van der Waals surface area contributed by atoms with Gasteiger partial charge in [-0.05, 0) is 62.4 Å². The molecule has 0 aliphatic heterocycles. The molecule has 0 unspecified atom stereocenters. The van der Waals surface area contributed by atoms with E-state index in [9.17, 15) is 4.79 Å². The summed E-state index contributed by atoms with van der Waals surface area (Å²) in [7, 11) is 0. The van der Waals surface area contributed by atoms with Gasteiger partial charge in [0.05, 0.1) is 19.4 Å². The van der Waals surface area contributed by atoms with Crippen molar-refractivity contribution < 1.29 is 9.21 Å². The summed E-state index contributed by atoms with van der Waals surface area (Å²) in [5.41, 5.74) is 5.19. The van der Waals surface area contributed by atoms with E-state index in [4.69, 9.17) is 4.42 Å². The summed E-state index contributed by atoms with van der Waals surface area (Å²) in [6.45, 7) is 8.20. The number of benzene rings is 1. The second kappa shape index (κ2) is 8.90. The predicted molar refractivity (Wildman–Crippen MR) is 117 cm³/mol. The molecule has 0 bridgehead atoms. The summed E-state index contributed by atoms with van der Waals surface area (Å²) in [6, 6.07) is 8.26. The lowest BCUT2D eigenvalue weighted by Crippen LogP contribution is -2.35. The number of carbonyl (C=O) groups is 1. The zero-order chi connectivity index (χ0) is 21.1. The Morgan fingerprint density at radius 3 is 2.57 bits per heavy atom. The molecule has 0 atom stereocenters. The third kappa shape index (κ3) is 4.50. The minimum Gasteiger partial charge on any atom is -0.467 e. The zero-order valence-corrected chi connectivity index (χ0v) is 18.2. The monoisotopic (exact) mass is 405 g/mol. The lowest BCUT2D eigenvalue weighted by molar-refractivity contribution is -0.137. The van der Waals surface area contributed by atoms with E-state index in [1.807, 2.05) is 29.4 Å². The lowest BCUT2D eigenvalue weighted by Gasteiger charge is -2.25. The van der Waals surface area contributed by atoms with Crippen LogP contribution in [-0.4, -0.2) is 20.4 Å². The van der Waals surface area contributed by atoms with Crippen LogP contribution in [0.25, 0.3) is 0 Å². The van der Waals surface area contributed by atoms with E-state index >= 15 is 0 Å². The Kier molecular flexibility index (Phi) is 6.07. The van der Waals surface area contributed by atoms with Crippen LogP contribution in [0.2, 0.25) is 0 Å². The molecule has 0 saturated heterocycles. The van der Waals surface area contributed by atoms with Crippen molar-refractivity contribution in [2.24, 2.45) is 5.92 Å². The fraction of sp³-hybridized carbons (Fsp3) is 0.440. The SMILES string of the molecule is Cc1cc(C)c(Cn2ccnc2CN(Cc2ccco2)C(=O)C2CCCC2)c(C)c1. The number of hydrogen-bond donors (Lipinski definition) is 0. The number of rotatable bonds is 7. The minimum absolute atomic E-state index is 0.130. The first-order chi connectivity index (χ1) is 14.5. The Bertz CT molecular complexity index is 974. The predicted octanol–water partition coefficient (Wildman–Crippen LogP) is 5.17. The van der Waals surface area contributed by atoms with Gasteiger partial charge in [0.15, 0.2) is 0 Å². The maximum atomic E-state index is 13.3. The average molecular weight is 406 g/mol. The molecule has 0 N–H and O–H groups in total. The molecule has 0 spiro atoms. The van der Waals surface area contributed by atoms with Crippen LogP contribution in [0.1, 0.15) is 59.5 Å². The molecule has 1 amide bonds. The number of imidazole rings is 1. The van der Waals surface area contributed by atoms with Gasteiger partial charge in [-0.3, -0.25) is 4.79 Å². The quantitative estimate of drug-likeness (QED) is 0.545. The van der Waals surface area contributed by atoms with E-state index < -0.39 is 0 Å². The van der Waals surface area contributed by atoms with Gasteiger partial charge in [-0.15, -0.1) is 0 Å². The Labute approximate surface area is 178 Å². The first kappa shape index (κ1) is 20.5. The smallest absolute Gasteiger partial charge is 0.226 e. The van der Waals surface area contributed by atoms with Crippen LogP contribution in [-0.2, 0) is 24.4 Å². The number of amides is 1. The molecular weight excluding hydrogens is 374 g/mol. The Hall–Kier alpha value is -2.82. The molecule has 4 rings (SSSR count). The second-order valence-electron chi connectivity index (χ2n) is 8.60. The van der Waals surface area contributed by atoms with Crippen LogP contribution >= 0.6 is 0 Å². The normalized spacial score (nSPS) is 14.4. The third-order valence-electron chi connectivity index (χ3n) is 6.25. The maximum absolute atomic E-state index is 13.3. The largest absolute Gasteiger partial charge is 0.467 e. The Morgan fingerprint density at radius 2 is 1.90 bits per heavy atom. The number of hydrogen-bond acceptors (Lipinski definition) is 3. The standard InChI is InChI=1S/C25H31N3O2/c1-18-13-19(2)23(20(3)14-18)16-27-11-10-26-24(27)17-28(15-22-9-6-12-30-22)25(29)21-7-4-5-8-21/h6,9-14,21H,4-5,7-8,15-17H2,1-3H3. The van der Waals surface area contributed by atoms with Gasteiger partial charge in [0, 0.05) is 24.9 Å². The molecule has 1 fully saturated rings. The molecule has 1 aliphatic carbocycles. The van der Waals surface area contributed by atoms with Gasteiger partial charge in [-0.25, -0.2) is 4.98 Å².